The first-order valence-electron chi connectivity index (χ1n) is 6.59. The van der Waals surface area contributed by atoms with E-state index >= 15 is 0 Å². The monoisotopic (exact) mass is 255 g/mol. The van der Waals surface area contributed by atoms with E-state index in [1.807, 2.05) is 20.8 Å². The van der Waals surface area contributed by atoms with E-state index in [0.717, 1.165) is 12.3 Å². The molecule has 2 aliphatic rings. The van der Waals surface area contributed by atoms with Gasteiger partial charge in [0.05, 0.1) is 5.92 Å². The van der Waals surface area contributed by atoms with Crippen LogP contribution in [0.4, 0.5) is 0 Å². The number of hydrogen-bond donors (Lipinski definition) is 1. The Morgan fingerprint density at radius 2 is 1.89 bits per heavy atom. The number of esters is 1. The molecule has 2 rings (SSSR count). The summed E-state index contributed by atoms with van der Waals surface area (Å²) >= 11 is 0. The molecule has 0 heterocycles. The normalized spacial score (nSPS) is 29.5. The molecular formula is C13H24BO4. The summed E-state index contributed by atoms with van der Waals surface area (Å²) in [4.78, 5) is 11.8. The summed E-state index contributed by atoms with van der Waals surface area (Å²) in [6, 6.07) is 0. The lowest BCUT2D eigenvalue weighted by molar-refractivity contribution is -0.161. The third kappa shape index (κ3) is 4.61. The van der Waals surface area contributed by atoms with Crippen molar-refractivity contribution in [2.24, 2.45) is 17.8 Å². The summed E-state index contributed by atoms with van der Waals surface area (Å²) in [5.41, 5.74) is -0.321. The van der Waals surface area contributed by atoms with Gasteiger partial charge in [-0.25, -0.2) is 0 Å². The van der Waals surface area contributed by atoms with E-state index in [1.54, 1.807) is 0 Å². The van der Waals surface area contributed by atoms with E-state index in [1.165, 1.54) is 26.4 Å². The Bertz CT molecular complexity index is 273. The molecule has 5 heteroatoms. The second-order valence-corrected chi connectivity index (χ2v) is 6.16. The molecule has 0 amide bonds. The SMILES string of the molecule is CC(C)(C)OC(=O)C1CC2CCC1C2.CO[B]O. The summed E-state index contributed by atoms with van der Waals surface area (Å²) in [6.45, 7) is 5.83. The molecule has 0 aromatic rings. The highest BCUT2D eigenvalue weighted by Crippen LogP contribution is 2.48. The van der Waals surface area contributed by atoms with Crippen LogP contribution in [0.3, 0.4) is 0 Å². The lowest BCUT2D eigenvalue weighted by Gasteiger charge is -2.26. The number of fused-ring (bicyclic) bond motifs is 2. The zero-order valence-corrected chi connectivity index (χ0v) is 11.8. The number of carbonyl (C=O) groups is 1. The molecule has 103 valence electrons. The van der Waals surface area contributed by atoms with E-state index in [9.17, 15) is 4.79 Å². The van der Waals surface area contributed by atoms with Crippen molar-refractivity contribution in [3.63, 3.8) is 0 Å². The molecule has 3 atom stereocenters. The minimum atomic E-state index is -0.321. The highest BCUT2D eigenvalue weighted by molar-refractivity contribution is 6.15. The quantitative estimate of drug-likeness (QED) is 0.605. The topological polar surface area (TPSA) is 55.8 Å². The van der Waals surface area contributed by atoms with Gasteiger partial charge in [-0.2, -0.15) is 0 Å². The molecule has 1 radical (unpaired) electrons. The first-order valence-corrected chi connectivity index (χ1v) is 6.59. The molecule has 2 saturated carbocycles. The Labute approximate surface area is 110 Å². The molecule has 3 unspecified atom stereocenters. The van der Waals surface area contributed by atoms with Gasteiger partial charge in [0.1, 0.15) is 5.60 Å². The highest BCUT2D eigenvalue weighted by atomic mass is 16.6. The third-order valence-electron chi connectivity index (χ3n) is 3.55. The fourth-order valence-corrected chi connectivity index (χ4v) is 2.91. The average molecular weight is 255 g/mol. The Hall–Kier alpha value is -0.545. The molecule has 0 aromatic carbocycles. The molecule has 0 aromatic heterocycles. The standard InChI is InChI=1S/C12H20O2.CH4BO2/c1-12(2,3)14-11(13)10-7-8-4-5-9(10)6-8;1-4-2-3/h8-10H,4-7H2,1-3H3;3H,1H3. The van der Waals surface area contributed by atoms with E-state index < -0.39 is 0 Å². The molecular weight excluding hydrogens is 231 g/mol. The van der Waals surface area contributed by atoms with Crippen molar-refractivity contribution in [3.8, 4) is 0 Å². The fourth-order valence-electron chi connectivity index (χ4n) is 2.91. The first kappa shape index (κ1) is 15.5. The maximum Gasteiger partial charge on any atom is 0.484 e. The highest BCUT2D eigenvalue weighted by Gasteiger charge is 2.44. The number of hydrogen-bond acceptors (Lipinski definition) is 4. The summed E-state index contributed by atoms with van der Waals surface area (Å²) in [5.74, 6) is 1.71. The first-order chi connectivity index (χ1) is 8.37. The van der Waals surface area contributed by atoms with E-state index in [4.69, 9.17) is 9.76 Å². The van der Waals surface area contributed by atoms with Crippen molar-refractivity contribution < 1.29 is 19.2 Å². The van der Waals surface area contributed by atoms with Crippen LogP contribution in [0.2, 0.25) is 0 Å². The molecule has 1 N–H and O–H groups in total. The van der Waals surface area contributed by atoms with Gasteiger partial charge in [-0.15, -0.1) is 0 Å². The number of ether oxygens (including phenoxy) is 1. The van der Waals surface area contributed by atoms with Crippen LogP contribution < -0.4 is 0 Å². The Kier molecular flexibility index (Phi) is 5.66. The van der Waals surface area contributed by atoms with Crippen LogP contribution in [0.15, 0.2) is 0 Å². The van der Waals surface area contributed by atoms with Crippen LogP contribution in [0.5, 0.6) is 0 Å². The van der Waals surface area contributed by atoms with Gasteiger partial charge < -0.3 is 14.4 Å². The van der Waals surface area contributed by atoms with E-state index in [2.05, 4.69) is 4.65 Å². The Morgan fingerprint density at radius 3 is 2.22 bits per heavy atom. The maximum absolute atomic E-state index is 11.8. The van der Waals surface area contributed by atoms with Crippen LogP contribution in [0.25, 0.3) is 0 Å². The predicted octanol–water partition coefficient (Wildman–Crippen LogP) is 1.92. The minimum absolute atomic E-state index is 0.0460. The summed E-state index contributed by atoms with van der Waals surface area (Å²) in [7, 11) is 2.00. The van der Waals surface area contributed by atoms with Gasteiger partial charge in [-0.05, 0) is 51.9 Å². The second kappa shape index (κ2) is 6.57. The van der Waals surface area contributed by atoms with Gasteiger partial charge in [0.15, 0.2) is 0 Å². The van der Waals surface area contributed by atoms with Gasteiger partial charge in [-0.3, -0.25) is 4.79 Å². The third-order valence-corrected chi connectivity index (χ3v) is 3.55. The van der Waals surface area contributed by atoms with Crippen molar-refractivity contribution in [1.29, 1.82) is 0 Å². The van der Waals surface area contributed by atoms with E-state index in [-0.39, 0.29) is 17.5 Å². The van der Waals surface area contributed by atoms with Gasteiger partial charge >= 0.3 is 13.7 Å². The van der Waals surface area contributed by atoms with E-state index in [0.29, 0.717) is 13.6 Å². The summed E-state index contributed by atoms with van der Waals surface area (Å²) in [5, 5.41) is 7.53. The summed E-state index contributed by atoms with van der Waals surface area (Å²) in [6.07, 6.45) is 4.93. The maximum atomic E-state index is 11.8. The fraction of sp³-hybridized carbons (Fsp3) is 0.923. The molecule has 0 spiro atoms. The lowest BCUT2D eigenvalue weighted by atomic mass is 9.89. The van der Waals surface area contributed by atoms with Crippen molar-refractivity contribution in [3.05, 3.63) is 0 Å². The second-order valence-electron chi connectivity index (χ2n) is 6.16. The molecule has 18 heavy (non-hydrogen) atoms. The number of rotatable bonds is 2. The molecule has 2 bridgehead atoms. The van der Waals surface area contributed by atoms with Crippen LogP contribution in [0, 0.1) is 17.8 Å². The van der Waals surface area contributed by atoms with Crippen molar-refractivity contribution in [2.75, 3.05) is 7.11 Å². The minimum Gasteiger partial charge on any atom is -0.460 e. The Morgan fingerprint density at radius 1 is 1.28 bits per heavy atom. The van der Waals surface area contributed by atoms with Crippen LogP contribution in [0.1, 0.15) is 46.5 Å². The number of carbonyl (C=O) groups excluding carboxylic acids is 1. The smallest absolute Gasteiger partial charge is 0.460 e. The zero-order chi connectivity index (χ0) is 13.8. The van der Waals surface area contributed by atoms with Crippen LogP contribution in [-0.4, -0.2) is 31.4 Å². The predicted molar refractivity (Wildman–Crippen MR) is 69.8 cm³/mol. The van der Waals surface area contributed by atoms with Gasteiger partial charge in [0.2, 0.25) is 0 Å². The zero-order valence-electron chi connectivity index (χ0n) is 11.8. The molecule has 2 fully saturated rings. The molecule has 0 aliphatic heterocycles. The summed E-state index contributed by atoms with van der Waals surface area (Å²) < 4.78 is 9.41. The van der Waals surface area contributed by atoms with Gasteiger partial charge in [0, 0.05) is 7.11 Å². The largest absolute Gasteiger partial charge is 0.484 e. The van der Waals surface area contributed by atoms with Gasteiger partial charge in [-0.1, -0.05) is 6.42 Å². The average Bonchev–Trinajstić information content (AvgIpc) is 2.88. The lowest BCUT2D eigenvalue weighted by Crippen LogP contribution is -2.31. The van der Waals surface area contributed by atoms with Crippen molar-refractivity contribution in [1.82, 2.24) is 0 Å². The van der Waals surface area contributed by atoms with Crippen LogP contribution >= 0.6 is 0 Å². The molecule has 4 nitrogen and oxygen atoms in total. The van der Waals surface area contributed by atoms with Crippen molar-refractivity contribution in [2.45, 2.75) is 52.1 Å². The molecule has 0 saturated heterocycles. The van der Waals surface area contributed by atoms with Gasteiger partial charge in [0.25, 0.3) is 0 Å². The van der Waals surface area contributed by atoms with Crippen LogP contribution in [-0.2, 0) is 14.2 Å². The van der Waals surface area contributed by atoms with Crippen molar-refractivity contribution >= 4 is 13.7 Å². The molecule has 2 aliphatic carbocycles. The Balaban J connectivity index is 0.000000357.